The van der Waals surface area contributed by atoms with Crippen molar-refractivity contribution < 1.29 is 9.18 Å². The summed E-state index contributed by atoms with van der Waals surface area (Å²) >= 11 is 1.41. The van der Waals surface area contributed by atoms with Crippen LogP contribution < -0.4 is 4.90 Å². The summed E-state index contributed by atoms with van der Waals surface area (Å²) in [7, 11) is 1.84. The first-order valence-electron chi connectivity index (χ1n) is 9.68. The number of likely N-dealkylation sites (N-methyl/N-ethyl adjacent to an activating group) is 1. The fourth-order valence-corrected chi connectivity index (χ4v) is 4.71. The number of para-hydroxylation sites is 1. The molecule has 6 heteroatoms. The van der Waals surface area contributed by atoms with Crippen molar-refractivity contribution in [1.29, 1.82) is 0 Å². The van der Waals surface area contributed by atoms with E-state index in [9.17, 15) is 9.18 Å². The number of anilines is 1. The summed E-state index contributed by atoms with van der Waals surface area (Å²) in [6.45, 7) is 1.88. The molecule has 0 bridgehead atoms. The van der Waals surface area contributed by atoms with E-state index in [1.54, 1.807) is 6.07 Å². The Morgan fingerprint density at radius 2 is 1.93 bits per heavy atom. The quantitative estimate of drug-likeness (QED) is 0.642. The van der Waals surface area contributed by atoms with Crippen LogP contribution in [-0.2, 0) is 11.2 Å². The molecule has 0 spiro atoms. The van der Waals surface area contributed by atoms with Crippen LogP contribution >= 0.6 is 11.3 Å². The van der Waals surface area contributed by atoms with Crippen LogP contribution in [0.4, 0.5) is 9.52 Å². The summed E-state index contributed by atoms with van der Waals surface area (Å²) in [5.41, 5.74) is 1.75. The molecule has 0 atom stereocenters. The van der Waals surface area contributed by atoms with E-state index in [0.717, 1.165) is 37.1 Å². The van der Waals surface area contributed by atoms with Gasteiger partial charge in [0.05, 0.1) is 11.2 Å². The first-order chi connectivity index (χ1) is 13.6. The largest absolute Gasteiger partial charge is 0.342 e. The number of hydrogen-bond acceptors (Lipinski definition) is 4. The summed E-state index contributed by atoms with van der Waals surface area (Å²) in [5, 5.41) is 0.674. The van der Waals surface area contributed by atoms with Gasteiger partial charge in [-0.05, 0) is 42.9 Å². The van der Waals surface area contributed by atoms with E-state index in [1.165, 1.54) is 23.0 Å². The molecule has 0 unspecified atom stereocenters. The number of hydrogen-bond donors (Lipinski definition) is 0. The second-order valence-electron chi connectivity index (χ2n) is 7.45. The molecule has 1 amide bonds. The third kappa shape index (κ3) is 4.17. The Morgan fingerprint density at radius 3 is 2.64 bits per heavy atom. The summed E-state index contributed by atoms with van der Waals surface area (Å²) in [4.78, 5) is 20.9. The van der Waals surface area contributed by atoms with E-state index in [2.05, 4.69) is 29.2 Å². The lowest BCUT2D eigenvalue weighted by Gasteiger charge is -2.33. The van der Waals surface area contributed by atoms with Gasteiger partial charge < -0.3 is 9.80 Å². The van der Waals surface area contributed by atoms with Crippen molar-refractivity contribution in [1.82, 2.24) is 9.88 Å². The fraction of sp³-hybridized carbons (Fsp3) is 0.364. The Hall–Kier alpha value is -2.47. The molecule has 0 saturated carbocycles. The van der Waals surface area contributed by atoms with E-state index in [0.29, 0.717) is 16.6 Å². The van der Waals surface area contributed by atoms with E-state index in [-0.39, 0.29) is 18.3 Å². The average Bonchev–Trinajstić information content (AvgIpc) is 3.15. The molecule has 1 aliphatic rings. The highest BCUT2D eigenvalue weighted by atomic mass is 32.1. The molecule has 1 fully saturated rings. The van der Waals surface area contributed by atoms with Crippen molar-refractivity contribution in [3.8, 4) is 0 Å². The molecule has 2 aromatic carbocycles. The Labute approximate surface area is 168 Å². The Bertz CT molecular complexity index is 951. The van der Waals surface area contributed by atoms with Crippen molar-refractivity contribution >= 4 is 32.6 Å². The SMILES string of the molecule is CN(CC(=O)N1CCC(Cc2ccccc2)CC1)c1nc2c(F)cccc2s1. The van der Waals surface area contributed by atoms with Crippen LogP contribution in [0, 0.1) is 11.7 Å². The predicted molar refractivity (Wildman–Crippen MR) is 112 cm³/mol. The van der Waals surface area contributed by atoms with Gasteiger partial charge in [-0.2, -0.15) is 0 Å². The number of thiazole rings is 1. The van der Waals surface area contributed by atoms with Gasteiger partial charge >= 0.3 is 0 Å². The number of carbonyl (C=O) groups excluding carboxylic acids is 1. The first-order valence-corrected chi connectivity index (χ1v) is 10.5. The van der Waals surface area contributed by atoms with Gasteiger partial charge in [0.15, 0.2) is 5.13 Å². The minimum absolute atomic E-state index is 0.111. The summed E-state index contributed by atoms with van der Waals surface area (Å²) < 4.78 is 14.7. The van der Waals surface area contributed by atoms with E-state index in [4.69, 9.17) is 0 Å². The Morgan fingerprint density at radius 1 is 1.18 bits per heavy atom. The maximum atomic E-state index is 13.9. The highest BCUT2D eigenvalue weighted by Gasteiger charge is 2.24. The van der Waals surface area contributed by atoms with Gasteiger partial charge in [-0.15, -0.1) is 0 Å². The molecule has 4 rings (SSSR count). The second-order valence-corrected chi connectivity index (χ2v) is 8.46. The molecular formula is C22H24FN3OS. The zero-order valence-electron chi connectivity index (χ0n) is 16.0. The molecule has 1 aromatic heterocycles. The Balaban J connectivity index is 1.32. The number of nitrogens with zero attached hydrogens (tertiary/aromatic N) is 3. The molecule has 1 saturated heterocycles. The minimum Gasteiger partial charge on any atom is -0.342 e. The number of likely N-dealkylation sites (tertiary alicyclic amines) is 1. The molecule has 0 radical (unpaired) electrons. The van der Waals surface area contributed by atoms with Gasteiger partial charge in [-0.3, -0.25) is 4.79 Å². The number of rotatable bonds is 5. The smallest absolute Gasteiger partial charge is 0.242 e. The molecule has 28 heavy (non-hydrogen) atoms. The number of piperidine rings is 1. The number of amides is 1. The zero-order chi connectivity index (χ0) is 19.5. The van der Waals surface area contributed by atoms with Gasteiger partial charge in [-0.1, -0.05) is 47.7 Å². The lowest BCUT2D eigenvalue weighted by atomic mass is 9.90. The standard InChI is InChI=1S/C22H24FN3OS/c1-25(22-24-21-18(23)8-5-9-19(21)28-22)15-20(27)26-12-10-17(11-13-26)14-16-6-3-2-4-7-16/h2-9,17H,10-15H2,1H3. The van der Waals surface area contributed by atoms with Crippen LogP contribution in [0.2, 0.25) is 0 Å². The summed E-state index contributed by atoms with van der Waals surface area (Å²) in [6.07, 6.45) is 3.16. The van der Waals surface area contributed by atoms with Crippen LogP contribution in [0.15, 0.2) is 48.5 Å². The number of benzene rings is 2. The Kier molecular flexibility index (Phi) is 5.57. The van der Waals surface area contributed by atoms with Crippen molar-refractivity contribution in [3.63, 3.8) is 0 Å². The minimum atomic E-state index is -0.319. The topological polar surface area (TPSA) is 36.4 Å². The lowest BCUT2D eigenvalue weighted by Crippen LogP contribution is -2.43. The van der Waals surface area contributed by atoms with Crippen molar-refractivity contribution in [2.45, 2.75) is 19.3 Å². The highest BCUT2D eigenvalue weighted by molar-refractivity contribution is 7.22. The first kappa shape index (κ1) is 18.9. The van der Waals surface area contributed by atoms with Crippen LogP contribution in [0.1, 0.15) is 18.4 Å². The normalized spacial score (nSPS) is 15.1. The number of aromatic nitrogens is 1. The van der Waals surface area contributed by atoms with Crippen molar-refractivity contribution in [2.75, 3.05) is 31.6 Å². The molecule has 2 heterocycles. The van der Waals surface area contributed by atoms with Crippen LogP contribution in [0.25, 0.3) is 10.2 Å². The third-order valence-electron chi connectivity index (χ3n) is 5.39. The summed E-state index contributed by atoms with van der Waals surface area (Å²) in [6, 6.07) is 15.5. The molecule has 0 aliphatic carbocycles. The monoisotopic (exact) mass is 397 g/mol. The van der Waals surface area contributed by atoms with E-state index >= 15 is 0 Å². The zero-order valence-corrected chi connectivity index (χ0v) is 16.8. The van der Waals surface area contributed by atoms with E-state index in [1.807, 2.05) is 29.0 Å². The molecule has 3 aromatic rings. The number of fused-ring (bicyclic) bond motifs is 1. The third-order valence-corrected chi connectivity index (χ3v) is 6.53. The fourth-order valence-electron chi connectivity index (χ4n) is 3.77. The lowest BCUT2D eigenvalue weighted by molar-refractivity contribution is -0.131. The second kappa shape index (κ2) is 8.27. The van der Waals surface area contributed by atoms with Crippen molar-refractivity contribution in [2.24, 2.45) is 5.92 Å². The predicted octanol–water partition coefficient (Wildman–Crippen LogP) is 4.35. The maximum absolute atomic E-state index is 13.9. The van der Waals surface area contributed by atoms with Crippen molar-refractivity contribution in [3.05, 3.63) is 59.9 Å². The highest BCUT2D eigenvalue weighted by Crippen LogP contribution is 2.29. The van der Waals surface area contributed by atoms with E-state index < -0.39 is 0 Å². The van der Waals surface area contributed by atoms with Gasteiger partial charge in [0.25, 0.3) is 0 Å². The van der Waals surface area contributed by atoms with Gasteiger partial charge in [0.2, 0.25) is 5.91 Å². The molecular weight excluding hydrogens is 373 g/mol. The van der Waals surface area contributed by atoms with Crippen LogP contribution in [0.3, 0.4) is 0 Å². The molecule has 146 valence electrons. The number of halogens is 1. The van der Waals surface area contributed by atoms with Crippen LogP contribution in [0.5, 0.6) is 0 Å². The molecule has 4 nitrogen and oxygen atoms in total. The maximum Gasteiger partial charge on any atom is 0.242 e. The molecule has 1 aliphatic heterocycles. The van der Waals surface area contributed by atoms with Gasteiger partial charge in [0.1, 0.15) is 11.3 Å². The van der Waals surface area contributed by atoms with Gasteiger partial charge in [0, 0.05) is 20.1 Å². The average molecular weight is 398 g/mol. The number of carbonyl (C=O) groups is 1. The van der Waals surface area contributed by atoms with Crippen LogP contribution in [-0.4, -0.2) is 42.5 Å². The van der Waals surface area contributed by atoms with Gasteiger partial charge in [-0.25, -0.2) is 9.37 Å². The summed E-state index contributed by atoms with van der Waals surface area (Å²) in [5.74, 6) is 0.428. The molecule has 0 N–H and O–H groups in total.